The average molecular weight is 393 g/mol. The zero-order valence-electron chi connectivity index (χ0n) is 15.1. The third-order valence-electron chi connectivity index (χ3n) is 5.10. The van der Waals surface area contributed by atoms with Gasteiger partial charge in [0, 0.05) is 24.5 Å². The minimum Gasteiger partial charge on any atom is -0.488 e. The molecule has 0 saturated carbocycles. The molecule has 2 aliphatic rings. The van der Waals surface area contributed by atoms with Crippen LogP contribution in [0.3, 0.4) is 0 Å². The van der Waals surface area contributed by atoms with Crippen LogP contribution in [-0.2, 0) is 15.1 Å². The van der Waals surface area contributed by atoms with E-state index in [1.54, 1.807) is 10.9 Å². The first-order chi connectivity index (χ1) is 12.8. The van der Waals surface area contributed by atoms with Gasteiger partial charge in [0.1, 0.15) is 17.4 Å². The summed E-state index contributed by atoms with van der Waals surface area (Å²) in [5, 5.41) is 10.7. The van der Waals surface area contributed by atoms with Gasteiger partial charge in [-0.2, -0.15) is 5.10 Å². The maximum atomic E-state index is 13.1. The third kappa shape index (κ3) is 4.26. The largest absolute Gasteiger partial charge is 0.488 e. The van der Waals surface area contributed by atoms with Gasteiger partial charge in [0.2, 0.25) is 0 Å². The number of nitrogens with zero attached hydrogens (tertiary/aromatic N) is 2. The molecule has 7 nitrogen and oxygen atoms in total. The summed E-state index contributed by atoms with van der Waals surface area (Å²) < 4.78 is 13.0. The van der Waals surface area contributed by atoms with Crippen molar-refractivity contribution in [2.75, 3.05) is 31.6 Å². The molecule has 27 heavy (non-hydrogen) atoms. The Morgan fingerprint density at radius 1 is 1.30 bits per heavy atom. The van der Waals surface area contributed by atoms with Crippen molar-refractivity contribution in [3.05, 3.63) is 42.7 Å². The second-order valence-corrected chi connectivity index (χ2v) is 6.81. The molecule has 1 amide bonds. The number of hydrogen-bond donors (Lipinski definition) is 2. The quantitative estimate of drug-likeness (QED) is 0.815. The predicted octanol–water partition coefficient (Wildman–Crippen LogP) is 2.19. The molecule has 2 fully saturated rings. The zero-order valence-corrected chi connectivity index (χ0v) is 15.9. The second kappa shape index (κ2) is 8.73. The van der Waals surface area contributed by atoms with Crippen molar-refractivity contribution >= 4 is 24.0 Å². The minimum atomic E-state index is -0.648. The van der Waals surface area contributed by atoms with E-state index in [1.807, 2.05) is 36.5 Å². The van der Waals surface area contributed by atoms with Crippen LogP contribution in [0.15, 0.2) is 42.7 Å². The van der Waals surface area contributed by atoms with Gasteiger partial charge in [0.25, 0.3) is 5.91 Å². The van der Waals surface area contributed by atoms with Crippen molar-refractivity contribution in [3.8, 4) is 5.75 Å². The lowest BCUT2D eigenvalue weighted by Gasteiger charge is -2.36. The topological polar surface area (TPSA) is 77.4 Å². The number of halogens is 1. The normalized spacial score (nSPS) is 21.3. The van der Waals surface area contributed by atoms with Gasteiger partial charge >= 0.3 is 0 Å². The molecule has 3 heterocycles. The number of piperidine rings is 1. The van der Waals surface area contributed by atoms with Gasteiger partial charge in [-0.1, -0.05) is 0 Å². The number of amides is 1. The Morgan fingerprint density at radius 3 is 2.70 bits per heavy atom. The van der Waals surface area contributed by atoms with E-state index in [9.17, 15) is 4.79 Å². The summed E-state index contributed by atoms with van der Waals surface area (Å²) in [6, 6.07) is 9.38. The van der Waals surface area contributed by atoms with Gasteiger partial charge in [0.05, 0.1) is 13.2 Å². The maximum absolute atomic E-state index is 13.1. The molecule has 8 heteroatoms. The number of ether oxygens (including phenoxy) is 2. The standard InChI is InChI=1S/C19H24N4O3.ClH/c24-18(19(7-10-20-11-8-19)23-12-1-9-21-23)22-15-2-4-16(5-3-15)26-17-6-13-25-14-17;/h1-5,9,12,17,20H,6-8,10-11,13-14H2,(H,22,24);1H. The van der Waals surface area contributed by atoms with Crippen LogP contribution in [0.5, 0.6) is 5.75 Å². The Hall–Kier alpha value is -2.09. The molecule has 2 aromatic rings. The molecule has 0 spiro atoms. The van der Waals surface area contributed by atoms with Crippen LogP contribution >= 0.6 is 12.4 Å². The molecule has 1 atom stereocenters. The maximum Gasteiger partial charge on any atom is 0.252 e. The van der Waals surface area contributed by atoms with Crippen molar-refractivity contribution in [1.29, 1.82) is 0 Å². The number of nitrogens with one attached hydrogen (secondary N) is 2. The Morgan fingerprint density at radius 2 is 2.07 bits per heavy atom. The van der Waals surface area contributed by atoms with E-state index in [4.69, 9.17) is 9.47 Å². The Kier molecular flexibility index (Phi) is 6.36. The van der Waals surface area contributed by atoms with Gasteiger partial charge in [-0.05, 0) is 56.3 Å². The SMILES string of the molecule is Cl.O=C(Nc1ccc(OC2CCOC2)cc1)C1(n2cccn2)CCNCC1. The van der Waals surface area contributed by atoms with Crippen molar-refractivity contribution in [1.82, 2.24) is 15.1 Å². The molecule has 4 rings (SSSR count). The van der Waals surface area contributed by atoms with E-state index in [1.165, 1.54) is 0 Å². The zero-order chi connectivity index (χ0) is 17.8. The highest BCUT2D eigenvalue weighted by Crippen LogP contribution is 2.29. The van der Waals surface area contributed by atoms with Crippen molar-refractivity contribution in [2.24, 2.45) is 0 Å². The van der Waals surface area contributed by atoms with Crippen molar-refractivity contribution in [3.63, 3.8) is 0 Å². The molecule has 2 aliphatic heterocycles. The fraction of sp³-hybridized carbons (Fsp3) is 0.474. The summed E-state index contributed by atoms with van der Waals surface area (Å²) in [7, 11) is 0. The number of anilines is 1. The first kappa shape index (κ1) is 19.7. The van der Waals surface area contributed by atoms with E-state index in [-0.39, 0.29) is 24.4 Å². The van der Waals surface area contributed by atoms with Crippen LogP contribution < -0.4 is 15.4 Å². The molecule has 1 aromatic carbocycles. The summed E-state index contributed by atoms with van der Waals surface area (Å²) in [4.78, 5) is 13.1. The Labute approximate surface area is 164 Å². The Bertz CT molecular complexity index is 724. The number of benzene rings is 1. The first-order valence-electron chi connectivity index (χ1n) is 9.13. The monoisotopic (exact) mass is 392 g/mol. The molecule has 0 radical (unpaired) electrons. The minimum absolute atomic E-state index is 0. The third-order valence-corrected chi connectivity index (χ3v) is 5.10. The highest BCUT2D eigenvalue weighted by Gasteiger charge is 2.42. The molecule has 146 valence electrons. The lowest BCUT2D eigenvalue weighted by atomic mass is 9.87. The second-order valence-electron chi connectivity index (χ2n) is 6.81. The Balaban J connectivity index is 0.00000210. The molecule has 2 N–H and O–H groups in total. The fourth-order valence-corrected chi connectivity index (χ4v) is 3.59. The van der Waals surface area contributed by atoms with Crippen molar-refractivity contribution in [2.45, 2.75) is 30.9 Å². The fourth-order valence-electron chi connectivity index (χ4n) is 3.59. The molecule has 0 aliphatic carbocycles. The van der Waals surface area contributed by atoms with Gasteiger partial charge in [-0.15, -0.1) is 12.4 Å². The highest BCUT2D eigenvalue weighted by atomic mass is 35.5. The highest BCUT2D eigenvalue weighted by molar-refractivity contribution is 5.96. The van der Waals surface area contributed by atoms with E-state index in [0.717, 1.165) is 37.6 Å². The summed E-state index contributed by atoms with van der Waals surface area (Å²) in [5.41, 5.74) is 0.112. The molecule has 1 unspecified atom stereocenters. The van der Waals surface area contributed by atoms with Crippen LogP contribution in [-0.4, -0.2) is 48.1 Å². The van der Waals surface area contributed by atoms with E-state index < -0.39 is 5.54 Å². The van der Waals surface area contributed by atoms with Crippen LogP contribution in [0.2, 0.25) is 0 Å². The van der Waals surface area contributed by atoms with Crippen LogP contribution in [0.4, 0.5) is 5.69 Å². The first-order valence-corrected chi connectivity index (χ1v) is 9.13. The van der Waals surface area contributed by atoms with Gasteiger partial charge < -0.3 is 20.1 Å². The molecular formula is C19H25ClN4O3. The summed E-state index contributed by atoms with van der Waals surface area (Å²) in [5.74, 6) is 0.766. The number of carbonyl (C=O) groups excluding carboxylic acids is 1. The number of rotatable bonds is 5. The van der Waals surface area contributed by atoms with Crippen LogP contribution in [0.25, 0.3) is 0 Å². The van der Waals surface area contributed by atoms with Crippen LogP contribution in [0, 0.1) is 0 Å². The molecule has 1 aromatic heterocycles. The summed E-state index contributed by atoms with van der Waals surface area (Å²) in [6.45, 7) is 2.98. The molecular weight excluding hydrogens is 368 g/mol. The summed E-state index contributed by atoms with van der Waals surface area (Å²) >= 11 is 0. The number of aromatic nitrogens is 2. The van der Waals surface area contributed by atoms with Gasteiger partial charge in [-0.3, -0.25) is 9.48 Å². The smallest absolute Gasteiger partial charge is 0.252 e. The molecule has 0 bridgehead atoms. The summed E-state index contributed by atoms with van der Waals surface area (Å²) in [6.07, 6.45) is 6.04. The van der Waals surface area contributed by atoms with Gasteiger partial charge in [0.15, 0.2) is 0 Å². The van der Waals surface area contributed by atoms with E-state index >= 15 is 0 Å². The van der Waals surface area contributed by atoms with Crippen molar-refractivity contribution < 1.29 is 14.3 Å². The van der Waals surface area contributed by atoms with E-state index in [2.05, 4.69) is 15.7 Å². The number of carbonyl (C=O) groups is 1. The van der Waals surface area contributed by atoms with Crippen LogP contribution in [0.1, 0.15) is 19.3 Å². The lowest BCUT2D eigenvalue weighted by molar-refractivity contribution is -0.126. The van der Waals surface area contributed by atoms with Gasteiger partial charge in [-0.25, -0.2) is 0 Å². The average Bonchev–Trinajstić information content (AvgIpc) is 3.38. The number of hydrogen-bond acceptors (Lipinski definition) is 5. The lowest BCUT2D eigenvalue weighted by Crippen LogP contribution is -2.52. The van der Waals surface area contributed by atoms with E-state index in [0.29, 0.717) is 19.4 Å². The molecule has 2 saturated heterocycles. The predicted molar refractivity (Wildman–Crippen MR) is 104 cm³/mol.